The molecular weight excluding hydrogens is 499 g/mol. The molecule has 1 aliphatic carbocycles. The summed E-state index contributed by atoms with van der Waals surface area (Å²) in [7, 11) is 0. The van der Waals surface area contributed by atoms with Crippen LogP contribution in [0.2, 0.25) is 0 Å². The van der Waals surface area contributed by atoms with E-state index in [4.69, 9.17) is 0 Å². The van der Waals surface area contributed by atoms with Crippen molar-refractivity contribution in [3.8, 4) is 11.1 Å². The first kappa shape index (κ1) is 24.5. The minimum atomic E-state index is -4.29. The Morgan fingerprint density at radius 3 is 2.38 bits per heavy atom. The van der Waals surface area contributed by atoms with E-state index in [1.54, 1.807) is 13.0 Å². The molecule has 0 saturated carbocycles. The average Bonchev–Trinajstić information content (AvgIpc) is 2.79. The molecular formula is C29H27BrF3N. The Bertz CT molecular complexity index is 1290. The lowest BCUT2D eigenvalue weighted by Crippen LogP contribution is -2.09. The fraction of sp³-hybridized carbons (Fsp3) is 0.276. The van der Waals surface area contributed by atoms with Gasteiger partial charge in [0.05, 0.1) is 5.56 Å². The van der Waals surface area contributed by atoms with Gasteiger partial charge in [0.25, 0.3) is 0 Å². The molecule has 1 aliphatic rings. The summed E-state index contributed by atoms with van der Waals surface area (Å²) in [5.41, 5.74) is 5.98. The maximum atomic E-state index is 12.8. The van der Waals surface area contributed by atoms with Gasteiger partial charge in [-0.15, -0.1) is 0 Å². The van der Waals surface area contributed by atoms with Crippen molar-refractivity contribution < 1.29 is 13.2 Å². The Hall–Kier alpha value is -2.66. The number of aromatic nitrogens is 1. The number of aryl methyl sites for hydroxylation is 3. The van der Waals surface area contributed by atoms with Crippen LogP contribution < -0.4 is 0 Å². The topological polar surface area (TPSA) is 12.9 Å². The van der Waals surface area contributed by atoms with Gasteiger partial charge in [0.2, 0.25) is 0 Å². The fourth-order valence-electron chi connectivity index (χ4n) is 4.89. The fourth-order valence-corrected chi connectivity index (χ4v) is 5.59. The normalized spacial score (nSPS) is 15.4. The van der Waals surface area contributed by atoms with Crippen molar-refractivity contribution in [2.24, 2.45) is 0 Å². The van der Waals surface area contributed by atoms with Crippen molar-refractivity contribution in [2.45, 2.75) is 52.1 Å². The summed E-state index contributed by atoms with van der Waals surface area (Å²) in [6.45, 7) is 6.04. The van der Waals surface area contributed by atoms with Gasteiger partial charge in [0.1, 0.15) is 0 Å². The third-order valence-electron chi connectivity index (χ3n) is 6.54. The number of pyridine rings is 1. The molecule has 0 radical (unpaired) electrons. The Labute approximate surface area is 207 Å². The van der Waals surface area contributed by atoms with Crippen LogP contribution >= 0.6 is 15.9 Å². The molecule has 3 aromatic carbocycles. The van der Waals surface area contributed by atoms with Crippen LogP contribution in [-0.4, -0.2) is 4.98 Å². The smallest absolute Gasteiger partial charge is 0.264 e. The van der Waals surface area contributed by atoms with Crippen molar-refractivity contribution >= 4 is 26.7 Å². The standard InChI is InChI=1S/C19H19F3.C10H8BrN/c1-12-5-3-6-14-7-4-8-17(18(12)14)16-10-9-15(11-13(16)2)19(20,21)22;1-7-5-12-6-8-3-2-4-9(11)10(7)8/h4,7-12H,3,5-6H2,1-2H3;2-6H,1H3. The van der Waals surface area contributed by atoms with E-state index in [0.29, 0.717) is 11.5 Å². The van der Waals surface area contributed by atoms with Gasteiger partial charge in [-0.05, 0) is 90.6 Å². The summed E-state index contributed by atoms with van der Waals surface area (Å²) in [6, 6.07) is 16.4. The van der Waals surface area contributed by atoms with E-state index in [-0.39, 0.29) is 0 Å². The lowest BCUT2D eigenvalue weighted by Gasteiger charge is -2.26. The van der Waals surface area contributed by atoms with Gasteiger partial charge in [-0.3, -0.25) is 4.98 Å². The number of alkyl halides is 3. The van der Waals surface area contributed by atoms with E-state index >= 15 is 0 Å². The van der Waals surface area contributed by atoms with Gasteiger partial charge in [0, 0.05) is 27.6 Å². The molecule has 0 bridgehead atoms. The molecule has 0 saturated heterocycles. The van der Waals surface area contributed by atoms with Crippen LogP contribution in [0, 0.1) is 13.8 Å². The van der Waals surface area contributed by atoms with Crippen molar-refractivity contribution in [1.29, 1.82) is 0 Å². The van der Waals surface area contributed by atoms with E-state index in [2.05, 4.69) is 53.0 Å². The van der Waals surface area contributed by atoms with Gasteiger partial charge in [-0.1, -0.05) is 59.3 Å². The predicted molar refractivity (Wildman–Crippen MR) is 137 cm³/mol. The number of rotatable bonds is 1. The van der Waals surface area contributed by atoms with Crippen molar-refractivity contribution in [2.75, 3.05) is 0 Å². The second kappa shape index (κ2) is 9.91. The Morgan fingerprint density at radius 1 is 0.912 bits per heavy atom. The highest BCUT2D eigenvalue weighted by Crippen LogP contribution is 2.40. The zero-order chi connectivity index (χ0) is 24.5. The molecule has 5 rings (SSSR count). The van der Waals surface area contributed by atoms with E-state index in [1.165, 1.54) is 46.0 Å². The van der Waals surface area contributed by atoms with E-state index in [0.717, 1.165) is 28.4 Å². The lowest BCUT2D eigenvalue weighted by atomic mass is 9.79. The van der Waals surface area contributed by atoms with Gasteiger partial charge in [-0.25, -0.2) is 0 Å². The molecule has 1 nitrogen and oxygen atoms in total. The van der Waals surface area contributed by atoms with Gasteiger partial charge in [-0.2, -0.15) is 13.2 Å². The highest BCUT2D eigenvalue weighted by Gasteiger charge is 2.31. The molecule has 1 atom stereocenters. The number of hydrogen-bond acceptors (Lipinski definition) is 1. The maximum Gasteiger partial charge on any atom is 0.416 e. The number of halogens is 4. The molecule has 0 spiro atoms. The molecule has 1 aromatic heterocycles. The Kier molecular flexibility index (Phi) is 7.13. The van der Waals surface area contributed by atoms with Gasteiger partial charge < -0.3 is 0 Å². The van der Waals surface area contributed by atoms with E-state index in [1.807, 2.05) is 30.6 Å². The second-order valence-electron chi connectivity index (χ2n) is 8.99. The zero-order valence-electron chi connectivity index (χ0n) is 19.5. The van der Waals surface area contributed by atoms with Crippen molar-refractivity contribution in [3.63, 3.8) is 0 Å². The summed E-state index contributed by atoms with van der Waals surface area (Å²) in [5, 5.41) is 2.44. The summed E-state index contributed by atoms with van der Waals surface area (Å²) in [4.78, 5) is 4.13. The summed E-state index contributed by atoms with van der Waals surface area (Å²) in [5.74, 6) is 0.460. The highest BCUT2D eigenvalue weighted by molar-refractivity contribution is 9.10. The lowest BCUT2D eigenvalue weighted by molar-refractivity contribution is -0.137. The van der Waals surface area contributed by atoms with E-state index < -0.39 is 11.7 Å². The van der Waals surface area contributed by atoms with Crippen molar-refractivity contribution in [3.05, 3.63) is 99.3 Å². The monoisotopic (exact) mass is 525 g/mol. The first-order valence-electron chi connectivity index (χ1n) is 11.5. The zero-order valence-corrected chi connectivity index (χ0v) is 21.1. The maximum absolute atomic E-state index is 12.8. The number of hydrogen-bond donors (Lipinski definition) is 0. The first-order valence-corrected chi connectivity index (χ1v) is 12.2. The molecule has 1 unspecified atom stereocenters. The molecule has 176 valence electrons. The molecule has 34 heavy (non-hydrogen) atoms. The first-order chi connectivity index (χ1) is 16.2. The van der Waals surface area contributed by atoms with Crippen LogP contribution in [0.15, 0.2) is 71.5 Å². The third-order valence-corrected chi connectivity index (χ3v) is 7.20. The highest BCUT2D eigenvalue weighted by atomic mass is 79.9. The number of benzene rings is 3. The molecule has 0 fully saturated rings. The quantitative estimate of drug-likeness (QED) is 0.241. The predicted octanol–water partition coefficient (Wildman–Crippen LogP) is 9.43. The van der Waals surface area contributed by atoms with Gasteiger partial charge >= 0.3 is 6.18 Å². The molecule has 5 heteroatoms. The Morgan fingerprint density at radius 2 is 1.68 bits per heavy atom. The van der Waals surface area contributed by atoms with Crippen LogP contribution in [0.4, 0.5) is 13.2 Å². The van der Waals surface area contributed by atoms with Crippen LogP contribution in [0.25, 0.3) is 21.9 Å². The second-order valence-corrected chi connectivity index (χ2v) is 9.85. The van der Waals surface area contributed by atoms with Crippen LogP contribution in [0.3, 0.4) is 0 Å². The van der Waals surface area contributed by atoms with Crippen LogP contribution in [-0.2, 0) is 12.6 Å². The minimum Gasteiger partial charge on any atom is -0.264 e. The van der Waals surface area contributed by atoms with Gasteiger partial charge in [0.15, 0.2) is 0 Å². The minimum absolute atomic E-state index is 0.460. The molecule has 0 aliphatic heterocycles. The number of fused-ring (bicyclic) bond motifs is 2. The molecule has 1 heterocycles. The SMILES string of the molecule is Cc1cc(C(F)(F)F)ccc1-c1cccc2c1C(C)CCC2.Cc1cncc2cccc(Br)c12. The Balaban J connectivity index is 0.000000192. The number of nitrogens with zero attached hydrogens (tertiary/aromatic N) is 1. The van der Waals surface area contributed by atoms with Crippen LogP contribution in [0.5, 0.6) is 0 Å². The third kappa shape index (κ3) is 5.05. The molecule has 0 N–H and O–H groups in total. The van der Waals surface area contributed by atoms with E-state index in [9.17, 15) is 13.2 Å². The molecule has 0 amide bonds. The summed E-state index contributed by atoms with van der Waals surface area (Å²) in [6.07, 6.45) is 2.87. The largest absolute Gasteiger partial charge is 0.416 e. The average molecular weight is 526 g/mol. The summed E-state index contributed by atoms with van der Waals surface area (Å²) < 4.78 is 39.7. The summed E-state index contributed by atoms with van der Waals surface area (Å²) >= 11 is 3.52. The van der Waals surface area contributed by atoms with Crippen LogP contribution in [0.1, 0.15) is 53.5 Å². The molecule has 4 aromatic rings. The van der Waals surface area contributed by atoms with Crippen molar-refractivity contribution in [1.82, 2.24) is 4.98 Å².